The van der Waals surface area contributed by atoms with E-state index in [2.05, 4.69) is 5.32 Å². The smallest absolute Gasteiger partial charge is 0.241 e. The highest BCUT2D eigenvalue weighted by molar-refractivity contribution is 6.00. The summed E-state index contributed by atoms with van der Waals surface area (Å²) in [6.45, 7) is 2.29. The Labute approximate surface area is 130 Å². The van der Waals surface area contributed by atoms with E-state index in [-0.39, 0.29) is 30.7 Å². The van der Waals surface area contributed by atoms with Gasteiger partial charge in [0, 0.05) is 32.7 Å². The number of hydrogen-bond acceptors (Lipinski definition) is 3. The highest BCUT2D eigenvalue weighted by Crippen LogP contribution is 2.25. The molecule has 6 nitrogen and oxygen atoms in total. The zero-order valence-corrected chi connectivity index (χ0v) is 13.1. The predicted molar refractivity (Wildman–Crippen MR) is 83.3 cm³/mol. The van der Waals surface area contributed by atoms with Crippen molar-refractivity contribution < 1.29 is 14.4 Å². The van der Waals surface area contributed by atoms with Gasteiger partial charge in [0.25, 0.3) is 0 Å². The Morgan fingerprint density at radius 3 is 2.50 bits per heavy atom. The first-order chi connectivity index (χ1) is 10.4. The lowest BCUT2D eigenvalue weighted by atomic mass is 10.1. The van der Waals surface area contributed by atoms with Gasteiger partial charge in [-0.3, -0.25) is 14.4 Å². The lowest BCUT2D eigenvalue weighted by Gasteiger charge is -2.17. The van der Waals surface area contributed by atoms with Gasteiger partial charge >= 0.3 is 0 Å². The molecule has 22 heavy (non-hydrogen) atoms. The maximum Gasteiger partial charge on any atom is 0.241 e. The van der Waals surface area contributed by atoms with Crippen LogP contribution in [0.3, 0.4) is 0 Å². The number of anilines is 1. The average molecular weight is 303 g/mol. The molecule has 1 fully saturated rings. The largest absolute Gasteiger partial charge is 0.347 e. The summed E-state index contributed by atoms with van der Waals surface area (Å²) >= 11 is 0. The molecule has 1 aliphatic heterocycles. The molecule has 118 valence electrons. The highest BCUT2D eigenvalue weighted by Gasteiger charge is 2.35. The molecule has 0 unspecified atom stereocenters. The Hall–Kier alpha value is -2.37. The number of aryl methyl sites for hydroxylation is 1. The molecule has 1 saturated heterocycles. The van der Waals surface area contributed by atoms with E-state index in [0.29, 0.717) is 6.54 Å². The minimum absolute atomic E-state index is 0.0406. The van der Waals surface area contributed by atoms with Crippen molar-refractivity contribution in [1.29, 1.82) is 0 Å². The fourth-order valence-corrected chi connectivity index (χ4v) is 2.32. The van der Waals surface area contributed by atoms with E-state index in [0.717, 1.165) is 11.3 Å². The molecule has 1 heterocycles. The van der Waals surface area contributed by atoms with Gasteiger partial charge in [-0.05, 0) is 19.1 Å². The number of nitrogens with one attached hydrogen (secondary N) is 1. The van der Waals surface area contributed by atoms with Crippen LogP contribution in [0.15, 0.2) is 24.3 Å². The number of hydrogen-bond donors (Lipinski definition) is 1. The second-order valence-electron chi connectivity index (χ2n) is 5.75. The standard InChI is InChI=1S/C16H21N3O3/c1-11-4-6-13(7-5-11)19-10-12(8-14(19)20)16(22)17-9-15(21)18(2)3/h4-7,12H,8-10H2,1-3H3,(H,17,22)/t12-/m0/s1. The number of likely N-dealkylation sites (N-methyl/N-ethyl adjacent to an activating group) is 1. The van der Waals surface area contributed by atoms with Gasteiger partial charge in [0.2, 0.25) is 17.7 Å². The summed E-state index contributed by atoms with van der Waals surface area (Å²) in [6, 6.07) is 7.63. The van der Waals surface area contributed by atoms with Crippen molar-refractivity contribution in [1.82, 2.24) is 10.2 Å². The van der Waals surface area contributed by atoms with Crippen molar-refractivity contribution in [3.63, 3.8) is 0 Å². The molecule has 0 spiro atoms. The fourth-order valence-electron chi connectivity index (χ4n) is 2.32. The SMILES string of the molecule is Cc1ccc(N2C[C@@H](C(=O)NCC(=O)N(C)C)CC2=O)cc1. The summed E-state index contributed by atoms with van der Waals surface area (Å²) in [5.74, 6) is -0.905. The zero-order valence-electron chi connectivity index (χ0n) is 13.1. The van der Waals surface area contributed by atoms with E-state index in [4.69, 9.17) is 0 Å². The number of carbonyl (C=O) groups excluding carboxylic acids is 3. The molecule has 1 aliphatic rings. The summed E-state index contributed by atoms with van der Waals surface area (Å²) in [5.41, 5.74) is 1.92. The second kappa shape index (κ2) is 6.60. The van der Waals surface area contributed by atoms with Crippen LogP contribution in [0, 0.1) is 12.8 Å². The van der Waals surface area contributed by atoms with E-state index in [1.807, 2.05) is 31.2 Å². The molecule has 6 heteroatoms. The average Bonchev–Trinajstić information content (AvgIpc) is 2.87. The van der Waals surface area contributed by atoms with Gasteiger partial charge in [0.05, 0.1) is 12.5 Å². The van der Waals surface area contributed by atoms with Gasteiger partial charge in [-0.25, -0.2) is 0 Å². The first kappa shape index (κ1) is 16.0. The summed E-state index contributed by atoms with van der Waals surface area (Å²) < 4.78 is 0. The molecular formula is C16H21N3O3. The van der Waals surface area contributed by atoms with Crippen molar-refractivity contribution in [2.75, 3.05) is 32.1 Å². The van der Waals surface area contributed by atoms with Crippen LogP contribution in [-0.4, -0.2) is 49.8 Å². The Bertz CT molecular complexity index is 581. The third-order valence-electron chi connectivity index (χ3n) is 3.75. The molecule has 3 amide bonds. The van der Waals surface area contributed by atoms with Crippen LogP contribution in [0.4, 0.5) is 5.69 Å². The summed E-state index contributed by atoms with van der Waals surface area (Å²) in [7, 11) is 3.26. The minimum Gasteiger partial charge on any atom is -0.347 e. The van der Waals surface area contributed by atoms with Crippen molar-refractivity contribution in [2.24, 2.45) is 5.92 Å². The molecular weight excluding hydrogens is 282 g/mol. The maximum atomic E-state index is 12.1. The van der Waals surface area contributed by atoms with Crippen LogP contribution in [-0.2, 0) is 14.4 Å². The molecule has 1 aromatic rings. The lowest BCUT2D eigenvalue weighted by Crippen LogP contribution is -2.39. The minimum atomic E-state index is -0.413. The normalized spacial score (nSPS) is 17.5. The van der Waals surface area contributed by atoms with Crippen LogP contribution in [0.25, 0.3) is 0 Å². The molecule has 0 aromatic heterocycles. The molecule has 1 atom stereocenters. The van der Waals surface area contributed by atoms with E-state index < -0.39 is 5.92 Å². The van der Waals surface area contributed by atoms with E-state index in [9.17, 15) is 14.4 Å². The Balaban J connectivity index is 1.95. The van der Waals surface area contributed by atoms with E-state index in [1.54, 1.807) is 19.0 Å². The number of rotatable bonds is 4. The molecule has 0 radical (unpaired) electrons. The van der Waals surface area contributed by atoms with Crippen molar-refractivity contribution in [3.05, 3.63) is 29.8 Å². The number of benzene rings is 1. The molecule has 1 aromatic carbocycles. The molecule has 0 saturated carbocycles. The third kappa shape index (κ3) is 3.63. The number of nitrogens with zero attached hydrogens (tertiary/aromatic N) is 2. The summed E-state index contributed by atoms with van der Waals surface area (Å²) in [5, 5.41) is 2.60. The summed E-state index contributed by atoms with van der Waals surface area (Å²) in [6.07, 6.45) is 0.176. The van der Waals surface area contributed by atoms with Crippen LogP contribution < -0.4 is 10.2 Å². The quantitative estimate of drug-likeness (QED) is 0.883. The monoisotopic (exact) mass is 303 g/mol. The third-order valence-corrected chi connectivity index (χ3v) is 3.75. The first-order valence-corrected chi connectivity index (χ1v) is 7.23. The van der Waals surface area contributed by atoms with E-state index in [1.165, 1.54) is 4.90 Å². The second-order valence-corrected chi connectivity index (χ2v) is 5.75. The van der Waals surface area contributed by atoms with Gasteiger partial charge in [0.1, 0.15) is 0 Å². The summed E-state index contributed by atoms with van der Waals surface area (Å²) in [4.78, 5) is 38.7. The Morgan fingerprint density at radius 1 is 1.27 bits per heavy atom. The lowest BCUT2D eigenvalue weighted by molar-refractivity contribution is -0.132. The predicted octanol–water partition coefficient (Wildman–Crippen LogP) is 0.552. The highest BCUT2D eigenvalue weighted by atomic mass is 16.2. The van der Waals surface area contributed by atoms with Crippen molar-refractivity contribution in [2.45, 2.75) is 13.3 Å². The molecule has 1 N–H and O–H groups in total. The van der Waals surface area contributed by atoms with Crippen molar-refractivity contribution >= 4 is 23.4 Å². The van der Waals surface area contributed by atoms with Crippen LogP contribution in [0.5, 0.6) is 0 Å². The molecule has 2 rings (SSSR count). The number of carbonyl (C=O) groups is 3. The maximum absolute atomic E-state index is 12.1. The van der Waals surface area contributed by atoms with Gasteiger partial charge in [-0.2, -0.15) is 0 Å². The van der Waals surface area contributed by atoms with Crippen LogP contribution in [0.2, 0.25) is 0 Å². The van der Waals surface area contributed by atoms with Gasteiger partial charge in [0.15, 0.2) is 0 Å². The van der Waals surface area contributed by atoms with Gasteiger partial charge in [-0.1, -0.05) is 17.7 Å². The van der Waals surface area contributed by atoms with Crippen LogP contribution >= 0.6 is 0 Å². The fraction of sp³-hybridized carbons (Fsp3) is 0.438. The van der Waals surface area contributed by atoms with Crippen molar-refractivity contribution in [3.8, 4) is 0 Å². The molecule has 0 bridgehead atoms. The van der Waals surface area contributed by atoms with Crippen LogP contribution in [0.1, 0.15) is 12.0 Å². The Morgan fingerprint density at radius 2 is 1.91 bits per heavy atom. The Kier molecular flexibility index (Phi) is 4.80. The first-order valence-electron chi connectivity index (χ1n) is 7.23. The number of amides is 3. The van der Waals surface area contributed by atoms with Gasteiger partial charge in [-0.15, -0.1) is 0 Å². The zero-order chi connectivity index (χ0) is 16.3. The topological polar surface area (TPSA) is 69.7 Å². The van der Waals surface area contributed by atoms with Gasteiger partial charge < -0.3 is 15.1 Å². The van der Waals surface area contributed by atoms with E-state index >= 15 is 0 Å². The molecule has 0 aliphatic carbocycles.